The number of phenols is 3. The van der Waals surface area contributed by atoms with Gasteiger partial charge in [-0.1, -0.05) is 18.2 Å². The van der Waals surface area contributed by atoms with Crippen molar-refractivity contribution in [2.45, 2.75) is 81.7 Å². The number of ether oxygens (including phenoxy) is 6. The Kier molecular flexibility index (Phi) is 11.9. The van der Waals surface area contributed by atoms with Crippen LogP contribution >= 0.6 is 0 Å². The van der Waals surface area contributed by atoms with Crippen LogP contribution in [0.5, 0.6) is 17.2 Å². The van der Waals surface area contributed by atoms with Crippen LogP contribution in [-0.4, -0.2) is 122 Å². The molecule has 2 saturated heterocycles. The van der Waals surface area contributed by atoms with Gasteiger partial charge in [0, 0.05) is 13.0 Å². The SMILES string of the molecule is CC(=O)OC1C(OCCc2ccc(O)c(O)c2)OC(COC(=O)C=Cc2ccc(O)cc2)C(O)C1OC1OC(C)C(O)C(O)C1O. The number of carbonyl (C=O) groups is 2. The summed E-state index contributed by atoms with van der Waals surface area (Å²) in [5, 5.41) is 71.0. The lowest BCUT2D eigenvalue weighted by molar-refractivity contribution is -0.357. The van der Waals surface area contributed by atoms with Crippen molar-refractivity contribution in [1.82, 2.24) is 0 Å². The average Bonchev–Trinajstić information content (AvgIpc) is 3.01. The van der Waals surface area contributed by atoms with Crippen LogP contribution in [0.3, 0.4) is 0 Å². The van der Waals surface area contributed by atoms with E-state index in [1.165, 1.54) is 37.3 Å². The lowest BCUT2D eigenvalue weighted by Gasteiger charge is -2.46. The summed E-state index contributed by atoms with van der Waals surface area (Å²) < 4.78 is 33.9. The second kappa shape index (κ2) is 15.7. The van der Waals surface area contributed by atoms with Crippen LogP contribution < -0.4 is 0 Å². The highest BCUT2D eigenvalue weighted by molar-refractivity contribution is 5.87. The molecule has 2 aromatic carbocycles. The average molecular weight is 651 g/mol. The minimum Gasteiger partial charge on any atom is -0.508 e. The fourth-order valence-corrected chi connectivity index (χ4v) is 4.90. The molecule has 2 aromatic rings. The van der Waals surface area contributed by atoms with E-state index in [1.807, 2.05) is 0 Å². The van der Waals surface area contributed by atoms with Crippen LogP contribution in [0.1, 0.15) is 25.0 Å². The molecule has 2 fully saturated rings. The molecule has 0 radical (unpaired) electrons. The third-order valence-electron chi connectivity index (χ3n) is 7.43. The molecule has 2 aliphatic heterocycles. The molecule has 0 amide bonds. The minimum atomic E-state index is -1.76. The van der Waals surface area contributed by atoms with Gasteiger partial charge in [-0.25, -0.2) is 4.79 Å². The molecule has 10 atom stereocenters. The fraction of sp³-hybridized carbons (Fsp3) is 0.484. The molecule has 7 N–H and O–H groups in total. The molecule has 0 aromatic heterocycles. The number of hydrogen-bond acceptors (Lipinski definition) is 15. The van der Waals surface area contributed by atoms with E-state index in [0.29, 0.717) is 11.1 Å². The summed E-state index contributed by atoms with van der Waals surface area (Å²) in [5.41, 5.74) is 1.18. The minimum absolute atomic E-state index is 0.0521. The van der Waals surface area contributed by atoms with Gasteiger partial charge in [0.1, 0.15) is 49.0 Å². The fourth-order valence-electron chi connectivity index (χ4n) is 4.90. The third kappa shape index (κ3) is 8.92. The van der Waals surface area contributed by atoms with E-state index in [4.69, 9.17) is 28.4 Å². The number of rotatable bonds is 11. The predicted molar refractivity (Wildman–Crippen MR) is 155 cm³/mol. The summed E-state index contributed by atoms with van der Waals surface area (Å²) in [7, 11) is 0. The van der Waals surface area contributed by atoms with Gasteiger partial charge in [0.2, 0.25) is 0 Å². The number of aliphatic hydroxyl groups is 4. The van der Waals surface area contributed by atoms with Gasteiger partial charge in [0.15, 0.2) is 30.2 Å². The van der Waals surface area contributed by atoms with E-state index in [9.17, 15) is 45.3 Å². The lowest BCUT2D eigenvalue weighted by atomic mass is 9.97. The van der Waals surface area contributed by atoms with E-state index < -0.39 is 80.0 Å². The van der Waals surface area contributed by atoms with E-state index in [-0.39, 0.29) is 30.3 Å². The van der Waals surface area contributed by atoms with Gasteiger partial charge in [0.25, 0.3) is 0 Å². The molecular formula is C31H38O15. The first kappa shape index (κ1) is 35.1. The van der Waals surface area contributed by atoms with Gasteiger partial charge >= 0.3 is 11.9 Å². The lowest BCUT2D eigenvalue weighted by Crippen LogP contribution is -2.65. The highest BCUT2D eigenvalue weighted by atomic mass is 16.7. The molecule has 46 heavy (non-hydrogen) atoms. The molecule has 0 spiro atoms. The largest absolute Gasteiger partial charge is 0.508 e. The van der Waals surface area contributed by atoms with Crippen LogP contribution in [-0.2, 0) is 44.4 Å². The summed E-state index contributed by atoms with van der Waals surface area (Å²) in [5.74, 6) is -2.20. The van der Waals surface area contributed by atoms with Crippen molar-refractivity contribution in [3.05, 3.63) is 59.7 Å². The topological polar surface area (TPSA) is 231 Å². The molecule has 10 unspecified atom stereocenters. The first-order chi connectivity index (χ1) is 21.8. The number of benzene rings is 2. The Bertz CT molecular complexity index is 1350. The Balaban J connectivity index is 1.52. The molecule has 2 heterocycles. The van der Waals surface area contributed by atoms with Crippen molar-refractivity contribution >= 4 is 18.0 Å². The third-order valence-corrected chi connectivity index (χ3v) is 7.43. The maximum Gasteiger partial charge on any atom is 0.330 e. The summed E-state index contributed by atoms with van der Waals surface area (Å²) in [6, 6.07) is 10.2. The van der Waals surface area contributed by atoms with E-state index in [1.54, 1.807) is 18.2 Å². The van der Waals surface area contributed by atoms with Crippen LogP contribution in [0, 0.1) is 0 Å². The monoisotopic (exact) mass is 650 g/mol. The molecule has 0 bridgehead atoms. The standard InChI is InChI=1S/C31H38O15/c1-15-24(37)26(39)27(40)30(43-15)46-28-25(38)22(14-42-23(36)10-6-17-3-7-19(33)8-4-17)45-31(29(28)44-16(2)32)41-12-11-18-5-9-20(34)21(35)13-18/h3-10,13,15,22,24-31,33-35,37-40H,11-12,14H2,1-2H3. The predicted octanol–water partition coefficient (Wildman–Crippen LogP) is -0.151. The van der Waals surface area contributed by atoms with Gasteiger partial charge in [-0.15, -0.1) is 0 Å². The Morgan fingerprint density at radius 1 is 0.848 bits per heavy atom. The first-order valence-electron chi connectivity index (χ1n) is 14.5. The smallest absolute Gasteiger partial charge is 0.330 e. The van der Waals surface area contributed by atoms with Crippen LogP contribution in [0.15, 0.2) is 48.5 Å². The highest BCUT2D eigenvalue weighted by Gasteiger charge is 2.52. The summed E-state index contributed by atoms with van der Waals surface area (Å²) in [4.78, 5) is 24.6. The van der Waals surface area contributed by atoms with Crippen LogP contribution in [0.4, 0.5) is 0 Å². The van der Waals surface area contributed by atoms with Gasteiger partial charge in [-0.2, -0.15) is 0 Å². The van der Waals surface area contributed by atoms with E-state index >= 15 is 0 Å². The van der Waals surface area contributed by atoms with Gasteiger partial charge < -0.3 is 64.2 Å². The number of hydrogen-bond donors (Lipinski definition) is 7. The zero-order valence-corrected chi connectivity index (χ0v) is 25.0. The number of esters is 2. The number of phenolic OH excluding ortho intramolecular Hbond substituents is 3. The maximum atomic E-state index is 12.5. The molecule has 0 aliphatic carbocycles. The van der Waals surface area contributed by atoms with Crippen molar-refractivity contribution in [2.75, 3.05) is 13.2 Å². The Hall–Kier alpha value is -3.80. The molecule has 2 aliphatic rings. The van der Waals surface area contributed by atoms with Crippen molar-refractivity contribution in [3.63, 3.8) is 0 Å². The van der Waals surface area contributed by atoms with Crippen molar-refractivity contribution < 1.29 is 73.8 Å². The zero-order chi connectivity index (χ0) is 33.5. The molecule has 0 saturated carbocycles. The summed E-state index contributed by atoms with van der Waals surface area (Å²) >= 11 is 0. The van der Waals surface area contributed by atoms with E-state index in [0.717, 1.165) is 13.0 Å². The number of carbonyl (C=O) groups excluding carboxylic acids is 2. The quantitative estimate of drug-likeness (QED) is 0.0952. The molecular weight excluding hydrogens is 612 g/mol. The Morgan fingerprint density at radius 2 is 1.57 bits per heavy atom. The number of aromatic hydroxyl groups is 3. The van der Waals surface area contributed by atoms with Gasteiger partial charge in [-0.3, -0.25) is 4.79 Å². The molecule has 4 rings (SSSR count). The van der Waals surface area contributed by atoms with Gasteiger partial charge in [-0.05, 0) is 54.8 Å². The second-order valence-electron chi connectivity index (χ2n) is 10.9. The summed E-state index contributed by atoms with van der Waals surface area (Å²) in [6.07, 6.45) is -12.1. The van der Waals surface area contributed by atoms with E-state index in [2.05, 4.69) is 0 Å². The molecule has 252 valence electrons. The normalized spacial score (nSPS) is 31.4. The van der Waals surface area contributed by atoms with Crippen molar-refractivity contribution in [2.24, 2.45) is 0 Å². The Labute approximate surface area is 263 Å². The first-order valence-corrected chi connectivity index (χ1v) is 14.5. The van der Waals surface area contributed by atoms with Crippen molar-refractivity contribution in [3.8, 4) is 17.2 Å². The highest BCUT2D eigenvalue weighted by Crippen LogP contribution is 2.32. The number of aliphatic hydroxyl groups excluding tert-OH is 4. The summed E-state index contributed by atoms with van der Waals surface area (Å²) in [6.45, 7) is 1.93. The maximum absolute atomic E-state index is 12.5. The van der Waals surface area contributed by atoms with Crippen molar-refractivity contribution in [1.29, 1.82) is 0 Å². The van der Waals surface area contributed by atoms with Crippen LogP contribution in [0.2, 0.25) is 0 Å². The van der Waals surface area contributed by atoms with Gasteiger partial charge in [0.05, 0.1) is 12.7 Å². The second-order valence-corrected chi connectivity index (χ2v) is 10.9. The molecule has 15 nitrogen and oxygen atoms in total. The zero-order valence-electron chi connectivity index (χ0n) is 25.0. The van der Waals surface area contributed by atoms with Crippen LogP contribution in [0.25, 0.3) is 6.08 Å². The Morgan fingerprint density at radius 3 is 2.24 bits per heavy atom. The molecule has 15 heteroatoms.